The van der Waals surface area contributed by atoms with Gasteiger partial charge in [0.2, 0.25) is 5.91 Å². The number of amides is 1. The van der Waals surface area contributed by atoms with Crippen LogP contribution in [0.2, 0.25) is 0 Å². The molecule has 0 heterocycles. The van der Waals surface area contributed by atoms with Crippen LogP contribution in [0.5, 0.6) is 0 Å². The summed E-state index contributed by atoms with van der Waals surface area (Å²) in [6.45, 7) is 15.4. The van der Waals surface area contributed by atoms with Gasteiger partial charge in [-0.25, -0.2) is 0 Å². The van der Waals surface area contributed by atoms with Crippen LogP contribution in [0.1, 0.15) is 53.9 Å². The van der Waals surface area contributed by atoms with E-state index < -0.39 is 0 Å². The minimum absolute atomic E-state index is 0.0566. The first-order valence-corrected chi connectivity index (χ1v) is 7.30. The van der Waals surface area contributed by atoms with E-state index in [9.17, 15) is 4.79 Å². The monoisotopic (exact) mass is 266 g/mol. The second-order valence-electron chi connectivity index (χ2n) is 7.53. The Labute approximate surface area is 118 Å². The Morgan fingerprint density at radius 3 is 2.32 bits per heavy atom. The van der Waals surface area contributed by atoms with Gasteiger partial charge in [0.15, 0.2) is 0 Å². The fraction of sp³-hybridized carbons (Fsp3) is 0.812. The molecule has 1 unspecified atom stereocenters. The summed E-state index contributed by atoms with van der Waals surface area (Å²) in [7, 11) is 0. The quantitative estimate of drug-likeness (QED) is 0.751. The lowest BCUT2D eigenvalue weighted by Crippen LogP contribution is -2.51. The maximum Gasteiger partial charge on any atom is 0.237 e. The van der Waals surface area contributed by atoms with Gasteiger partial charge in [0, 0.05) is 12.6 Å². The lowest BCUT2D eigenvalue weighted by molar-refractivity contribution is -0.123. The molecule has 3 nitrogen and oxygen atoms in total. The van der Waals surface area contributed by atoms with E-state index in [4.69, 9.17) is 0 Å². The van der Waals surface area contributed by atoms with Crippen molar-refractivity contribution in [2.45, 2.75) is 66.0 Å². The molecule has 0 spiro atoms. The summed E-state index contributed by atoms with van der Waals surface area (Å²) in [6.07, 6.45) is 5.22. The highest BCUT2D eigenvalue weighted by Gasteiger charge is 2.38. The van der Waals surface area contributed by atoms with E-state index in [-0.39, 0.29) is 11.9 Å². The van der Waals surface area contributed by atoms with Crippen molar-refractivity contribution in [1.29, 1.82) is 0 Å². The molecule has 3 heteroatoms. The van der Waals surface area contributed by atoms with Crippen molar-refractivity contribution in [2.24, 2.45) is 10.8 Å². The van der Waals surface area contributed by atoms with Crippen LogP contribution in [0.4, 0.5) is 0 Å². The van der Waals surface area contributed by atoms with E-state index in [2.05, 4.69) is 44.9 Å². The Morgan fingerprint density at radius 1 is 1.32 bits per heavy atom. The van der Waals surface area contributed by atoms with Gasteiger partial charge in [-0.1, -0.05) is 33.8 Å². The van der Waals surface area contributed by atoms with Gasteiger partial charge in [-0.05, 0) is 37.0 Å². The first-order chi connectivity index (χ1) is 8.65. The fourth-order valence-corrected chi connectivity index (χ4v) is 3.72. The van der Waals surface area contributed by atoms with Crippen LogP contribution < -0.4 is 10.6 Å². The van der Waals surface area contributed by atoms with E-state index >= 15 is 0 Å². The molecule has 110 valence electrons. The van der Waals surface area contributed by atoms with Gasteiger partial charge in [-0.2, -0.15) is 0 Å². The molecule has 1 amide bonds. The molecule has 0 bridgehead atoms. The normalized spacial score (nSPS) is 23.6. The Balaban J connectivity index is 2.56. The Morgan fingerprint density at radius 2 is 1.84 bits per heavy atom. The lowest BCUT2D eigenvalue weighted by atomic mass is 9.63. The Bertz CT molecular complexity index is 318. The zero-order chi connectivity index (χ0) is 14.7. The average molecular weight is 266 g/mol. The summed E-state index contributed by atoms with van der Waals surface area (Å²) in [5.74, 6) is 0.0566. The molecule has 1 fully saturated rings. The number of hydrogen-bond donors (Lipinski definition) is 2. The van der Waals surface area contributed by atoms with E-state index in [0.29, 0.717) is 23.4 Å². The number of carbonyl (C=O) groups excluding carboxylic acids is 1. The van der Waals surface area contributed by atoms with Crippen molar-refractivity contribution in [1.82, 2.24) is 10.6 Å². The molecular weight excluding hydrogens is 236 g/mol. The first-order valence-electron chi connectivity index (χ1n) is 7.30. The number of carbonyl (C=O) groups is 1. The molecule has 0 aromatic heterocycles. The smallest absolute Gasteiger partial charge is 0.237 e. The number of rotatable bonds is 5. The summed E-state index contributed by atoms with van der Waals surface area (Å²) in [5, 5.41) is 6.34. The van der Waals surface area contributed by atoms with Gasteiger partial charge >= 0.3 is 0 Å². The van der Waals surface area contributed by atoms with Crippen molar-refractivity contribution >= 4 is 5.91 Å². The second-order valence-corrected chi connectivity index (χ2v) is 7.53. The molecule has 2 N–H and O–H groups in total. The highest BCUT2D eigenvalue weighted by atomic mass is 16.2. The summed E-state index contributed by atoms with van der Waals surface area (Å²) < 4.78 is 0. The summed E-state index contributed by atoms with van der Waals surface area (Å²) in [5.41, 5.74) is 0.688. The molecule has 0 aromatic rings. The highest BCUT2D eigenvalue weighted by molar-refractivity contribution is 5.81. The predicted octanol–water partition coefficient (Wildman–Crippen LogP) is 2.87. The van der Waals surface area contributed by atoms with Gasteiger partial charge in [0.25, 0.3) is 0 Å². The topological polar surface area (TPSA) is 41.1 Å². The fourth-order valence-electron chi connectivity index (χ4n) is 3.72. The molecule has 0 saturated heterocycles. The second kappa shape index (κ2) is 6.08. The van der Waals surface area contributed by atoms with Gasteiger partial charge in [0.1, 0.15) is 0 Å². The van der Waals surface area contributed by atoms with Crippen LogP contribution in [-0.2, 0) is 4.79 Å². The molecule has 0 aliphatic heterocycles. The van der Waals surface area contributed by atoms with Crippen molar-refractivity contribution in [3.8, 4) is 0 Å². The first kappa shape index (κ1) is 16.2. The zero-order valence-electron chi connectivity index (χ0n) is 13.2. The van der Waals surface area contributed by atoms with E-state index in [1.807, 2.05) is 6.92 Å². The summed E-state index contributed by atoms with van der Waals surface area (Å²) in [6, 6.07) is 0.276. The van der Waals surface area contributed by atoms with Crippen LogP contribution >= 0.6 is 0 Å². The maximum absolute atomic E-state index is 11.9. The molecule has 19 heavy (non-hydrogen) atoms. The lowest BCUT2D eigenvalue weighted by Gasteiger charge is -2.45. The summed E-state index contributed by atoms with van der Waals surface area (Å²) in [4.78, 5) is 11.9. The Kier molecular flexibility index (Phi) is 5.19. The third kappa shape index (κ3) is 5.35. The number of hydrogen-bond acceptors (Lipinski definition) is 2. The largest absolute Gasteiger partial charge is 0.351 e. The van der Waals surface area contributed by atoms with Crippen molar-refractivity contribution in [2.75, 3.05) is 6.54 Å². The van der Waals surface area contributed by atoms with E-state index in [0.717, 1.165) is 12.8 Å². The minimum atomic E-state index is -0.144. The van der Waals surface area contributed by atoms with Crippen LogP contribution in [0, 0.1) is 10.8 Å². The molecule has 1 atom stereocenters. The third-order valence-electron chi connectivity index (χ3n) is 3.85. The van der Waals surface area contributed by atoms with Gasteiger partial charge in [0.05, 0.1) is 6.04 Å². The van der Waals surface area contributed by atoms with Gasteiger partial charge < -0.3 is 10.6 Å². The van der Waals surface area contributed by atoms with Crippen LogP contribution in [0.3, 0.4) is 0 Å². The highest BCUT2D eigenvalue weighted by Crippen LogP contribution is 2.45. The standard InChI is InChI=1S/C16H30N2O/c1-7-8-17-14(19)12(2)18-13-9-15(3,4)11-16(5,6)10-13/h7,12-13,18H,1,8-11H2,2-6H3,(H,17,19). The van der Waals surface area contributed by atoms with Gasteiger partial charge in [-0.15, -0.1) is 6.58 Å². The zero-order valence-corrected chi connectivity index (χ0v) is 13.2. The summed E-state index contributed by atoms with van der Waals surface area (Å²) >= 11 is 0. The molecule has 1 aliphatic rings. The van der Waals surface area contributed by atoms with Gasteiger partial charge in [-0.3, -0.25) is 4.79 Å². The minimum Gasteiger partial charge on any atom is -0.351 e. The SMILES string of the molecule is C=CCNC(=O)C(C)NC1CC(C)(C)CC(C)(C)C1. The van der Waals surface area contributed by atoms with Crippen molar-refractivity contribution in [3.63, 3.8) is 0 Å². The third-order valence-corrected chi connectivity index (χ3v) is 3.85. The number of nitrogens with one attached hydrogen (secondary N) is 2. The maximum atomic E-state index is 11.9. The Hall–Kier alpha value is -0.830. The predicted molar refractivity (Wildman–Crippen MR) is 81.0 cm³/mol. The van der Waals surface area contributed by atoms with Crippen molar-refractivity contribution in [3.05, 3.63) is 12.7 Å². The van der Waals surface area contributed by atoms with Crippen molar-refractivity contribution < 1.29 is 4.79 Å². The molecule has 0 aromatic carbocycles. The average Bonchev–Trinajstić information content (AvgIpc) is 2.20. The van der Waals surface area contributed by atoms with Crippen LogP contribution in [0.25, 0.3) is 0 Å². The van der Waals surface area contributed by atoms with E-state index in [1.54, 1.807) is 6.08 Å². The molecular formula is C16H30N2O. The van der Waals surface area contributed by atoms with E-state index in [1.165, 1.54) is 6.42 Å². The molecule has 1 saturated carbocycles. The molecule has 0 radical (unpaired) electrons. The molecule has 1 aliphatic carbocycles. The molecule has 1 rings (SSSR count). The van der Waals surface area contributed by atoms with Crippen LogP contribution in [0.15, 0.2) is 12.7 Å². The van der Waals surface area contributed by atoms with Crippen LogP contribution in [-0.4, -0.2) is 24.5 Å².